The largest absolute Gasteiger partial charge is 0.354 e. The normalized spacial score (nSPS) is 12.8. The van der Waals surface area contributed by atoms with Crippen molar-refractivity contribution in [2.24, 2.45) is 0 Å². The lowest BCUT2D eigenvalue weighted by Crippen LogP contribution is -2.29. The molecule has 1 aliphatic heterocycles. The number of hydrogen-bond donors (Lipinski definition) is 1. The molecule has 5 heteroatoms. The molecule has 2 aromatic carbocycles. The number of carbonyl (C=O) groups excluding carboxylic acids is 1. The fraction of sp³-hybridized carbons (Fsp3) is 0.100. The lowest BCUT2D eigenvalue weighted by molar-refractivity contribution is 0.0989. The van der Waals surface area contributed by atoms with Crippen LogP contribution in [0.4, 0.5) is 17.1 Å². The Bertz CT molecular complexity index is 941. The highest BCUT2D eigenvalue weighted by molar-refractivity contribution is 6.30. The Kier molecular flexibility index (Phi) is 4.12. The molecule has 4 rings (SSSR count). The van der Waals surface area contributed by atoms with Crippen molar-refractivity contribution in [3.63, 3.8) is 0 Å². The molecule has 0 bridgehead atoms. The molecular formula is C20H16ClN3O. The first kappa shape index (κ1) is 15.7. The molecule has 0 atom stereocenters. The van der Waals surface area contributed by atoms with Crippen LogP contribution in [-0.2, 0) is 6.42 Å². The number of amides is 1. The number of para-hydroxylation sites is 1. The Morgan fingerprint density at radius 1 is 1.04 bits per heavy atom. The molecule has 2 heterocycles. The van der Waals surface area contributed by atoms with Crippen LogP contribution in [0.5, 0.6) is 0 Å². The Morgan fingerprint density at radius 2 is 1.92 bits per heavy atom. The highest BCUT2D eigenvalue weighted by Crippen LogP contribution is 2.29. The van der Waals surface area contributed by atoms with Gasteiger partial charge in [-0.1, -0.05) is 35.9 Å². The van der Waals surface area contributed by atoms with E-state index in [4.69, 9.17) is 11.6 Å². The summed E-state index contributed by atoms with van der Waals surface area (Å²) in [6, 6.07) is 17.3. The van der Waals surface area contributed by atoms with Crippen LogP contribution in [0, 0.1) is 0 Å². The first-order valence-corrected chi connectivity index (χ1v) is 8.46. The molecular weight excluding hydrogens is 334 g/mol. The van der Waals surface area contributed by atoms with Gasteiger partial charge >= 0.3 is 0 Å². The van der Waals surface area contributed by atoms with Crippen molar-refractivity contribution in [2.45, 2.75) is 6.42 Å². The van der Waals surface area contributed by atoms with E-state index in [-0.39, 0.29) is 5.91 Å². The molecule has 0 saturated carbocycles. The lowest BCUT2D eigenvalue weighted by atomic mass is 10.2. The molecule has 0 radical (unpaired) electrons. The number of anilines is 3. The van der Waals surface area contributed by atoms with Gasteiger partial charge in [-0.05, 0) is 42.3 Å². The maximum Gasteiger partial charge on any atom is 0.259 e. The van der Waals surface area contributed by atoms with Crippen LogP contribution in [0.3, 0.4) is 0 Å². The minimum Gasteiger partial charge on any atom is -0.354 e. The highest BCUT2D eigenvalue weighted by atomic mass is 35.5. The number of rotatable bonds is 3. The zero-order valence-electron chi connectivity index (χ0n) is 13.4. The van der Waals surface area contributed by atoms with Gasteiger partial charge in [-0.3, -0.25) is 9.78 Å². The molecule has 4 nitrogen and oxygen atoms in total. The second-order valence-electron chi connectivity index (χ2n) is 5.93. The summed E-state index contributed by atoms with van der Waals surface area (Å²) in [6.45, 7) is 0.699. The standard InChI is InChI=1S/C20H16ClN3O/c21-16-5-3-6-17(11-16)23-18-10-15(12-22-13-18)20(25)24-9-8-14-4-1-2-7-19(14)24/h1-7,10-13,23H,8-9H2. The average Bonchev–Trinajstić information content (AvgIpc) is 3.05. The van der Waals surface area contributed by atoms with Crippen molar-refractivity contribution in [1.82, 2.24) is 4.98 Å². The predicted octanol–water partition coefficient (Wildman–Crippen LogP) is 4.68. The van der Waals surface area contributed by atoms with Crippen LogP contribution < -0.4 is 10.2 Å². The van der Waals surface area contributed by atoms with E-state index in [0.29, 0.717) is 17.1 Å². The minimum atomic E-state index is -0.0350. The number of pyridine rings is 1. The highest BCUT2D eigenvalue weighted by Gasteiger charge is 2.25. The van der Waals surface area contributed by atoms with E-state index >= 15 is 0 Å². The average molecular weight is 350 g/mol. The maximum atomic E-state index is 12.9. The Morgan fingerprint density at radius 3 is 2.80 bits per heavy atom. The van der Waals surface area contributed by atoms with Crippen molar-refractivity contribution >= 4 is 34.6 Å². The van der Waals surface area contributed by atoms with Gasteiger partial charge in [-0.15, -0.1) is 0 Å². The van der Waals surface area contributed by atoms with E-state index in [1.165, 1.54) is 5.56 Å². The van der Waals surface area contributed by atoms with Crippen LogP contribution in [0.15, 0.2) is 67.0 Å². The quantitative estimate of drug-likeness (QED) is 0.746. The van der Waals surface area contributed by atoms with Crippen LogP contribution in [0.2, 0.25) is 5.02 Å². The molecule has 0 spiro atoms. The third-order valence-corrected chi connectivity index (χ3v) is 4.47. The smallest absolute Gasteiger partial charge is 0.259 e. The monoisotopic (exact) mass is 349 g/mol. The first-order chi connectivity index (χ1) is 12.2. The Balaban J connectivity index is 1.58. The molecule has 124 valence electrons. The third-order valence-electron chi connectivity index (χ3n) is 4.23. The summed E-state index contributed by atoms with van der Waals surface area (Å²) in [7, 11) is 0. The summed E-state index contributed by atoms with van der Waals surface area (Å²) < 4.78 is 0. The molecule has 0 unspecified atom stereocenters. The summed E-state index contributed by atoms with van der Waals surface area (Å²) in [5.41, 5.74) is 4.35. The van der Waals surface area contributed by atoms with Gasteiger partial charge in [0.05, 0.1) is 17.4 Å². The van der Waals surface area contributed by atoms with E-state index in [1.807, 2.05) is 53.4 Å². The summed E-state index contributed by atoms with van der Waals surface area (Å²) >= 11 is 6.01. The minimum absolute atomic E-state index is 0.0350. The molecule has 1 amide bonds. The molecule has 0 fully saturated rings. The summed E-state index contributed by atoms with van der Waals surface area (Å²) in [4.78, 5) is 18.9. The van der Waals surface area contributed by atoms with Crippen molar-refractivity contribution in [1.29, 1.82) is 0 Å². The van der Waals surface area contributed by atoms with Gasteiger partial charge in [-0.25, -0.2) is 0 Å². The number of fused-ring (bicyclic) bond motifs is 1. The molecule has 1 aromatic heterocycles. The van der Waals surface area contributed by atoms with Crippen LogP contribution >= 0.6 is 11.6 Å². The van der Waals surface area contributed by atoms with Gasteiger partial charge in [-0.2, -0.15) is 0 Å². The summed E-state index contributed by atoms with van der Waals surface area (Å²) in [5, 5.41) is 3.88. The second kappa shape index (κ2) is 6.57. The van der Waals surface area contributed by atoms with E-state index in [2.05, 4.69) is 16.4 Å². The summed E-state index contributed by atoms with van der Waals surface area (Å²) in [5.74, 6) is -0.0350. The first-order valence-electron chi connectivity index (χ1n) is 8.08. The van der Waals surface area contributed by atoms with E-state index in [0.717, 1.165) is 23.5 Å². The zero-order valence-corrected chi connectivity index (χ0v) is 14.2. The second-order valence-corrected chi connectivity index (χ2v) is 6.37. The number of hydrogen-bond acceptors (Lipinski definition) is 3. The number of benzene rings is 2. The number of carbonyl (C=O) groups is 1. The van der Waals surface area contributed by atoms with Crippen molar-refractivity contribution in [3.05, 3.63) is 83.1 Å². The number of nitrogens with zero attached hydrogens (tertiary/aromatic N) is 2. The number of nitrogens with one attached hydrogen (secondary N) is 1. The van der Waals surface area contributed by atoms with Gasteiger partial charge in [0.2, 0.25) is 0 Å². The Hall–Kier alpha value is -2.85. The van der Waals surface area contributed by atoms with Crippen LogP contribution in [-0.4, -0.2) is 17.4 Å². The SMILES string of the molecule is O=C(c1cncc(Nc2cccc(Cl)c2)c1)N1CCc2ccccc21. The molecule has 1 aliphatic rings. The van der Waals surface area contributed by atoms with Gasteiger partial charge < -0.3 is 10.2 Å². The lowest BCUT2D eigenvalue weighted by Gasteiger charge is -2.17. The topological polar surface area (TPSA) is 45.2 Å². The van der Waals surface area contributed by atoms with Crippen molar-refractivity contribution in [3.8, 4) is 0 Å². The van der Waals surface area contributed by atoms with Gasteiger partial charge in [0.25, 0.3) is 5.91 Å². The van der Waals surface area contributed by atoms with E-state index in [1.54, 1.807) is 12.4 Å². The number of halogens is 1. The van der Waals surface area contributed by atoms with Crippen LogP contribution in [0.25, 0.3) is 0 Å². The Labute approximate surface area is 151 Å². The maximum absolute atomic E-state index is 12.9. The van der Waals surface area contributed by atoms with Gasteiger partial charge in [0, 0.05) is 29.1 Å². The fourth-order valence-electron chi connectivity index (χ4n) is 3.06. The van der Waals surface area contributed by atoms with E-state index < -0.39 is 0 Å². The molecule has 25 heavy (non-hydrogen) atoms. The van der Waals surface area contributed by atoms with Gasteiger partial charge in [0.1, 0.15) is 0 Å². The molecule has 0 aliphatic carbocycles. The van der Waals surface area contributed by atoms with Crippen molar-refractivity contribution in [2.75, 3.05) is 16.8 Å². The van der Waals surface area contributed by atoms with E-state index in [9.17, 15) is 4.79 Å². The summed E-state index contributed by atoms with van der Waals surface area (Å²) in [6.07, 6.45) is 4.18. The number of aromatic nitrogens is 1. The fourth-order valence-corrected chi connectivity index (χ4v) is 3.25. The van der Waals surface area contributed by atoms with Crippen molar-refractivity contribution < 1.29 is 4.79 Å². The zero-order chi connectivity index (χ0) is 17.2. The molecule has 3 aromatic rings. The molecule has 1 N–H and O–H groups in total. The van der Waals surface area contributed by atoms with Gasteiger partial charge in [0.15, 0.2) is 0 Å². The third kappa shape index (κ3) is 3.21. The predicted molar refractivity (Wildman–Crippen MR) is 101 cm³/mol. The molecule has 0 saturated heterocycles. The van der Waals surface area contributed by atoms with Crippen LogP contribution in [0.1, 0.15) is 15.9 Å².